The van der Waals surface area contributed by atoms with E-state index in [2.05, 4.69) is 5.10 Å². The molecule has 1 aromatic heterocycles. The number of rotatable bonds is 5. The second-order valence-electron chi connectivity index (χ2n) is 5.42. The molecule has 0 radical (unpaired) electrons. The Bertz CT molecular complexity index is 577. The smallest absolute Gasteiger partial charge is 0.335 e. The lowest BCUT2D eigenvalue weighted by molar-refractivity contribution is -0.152. The highest BCUT2D eigenvalue weighted by Crippen LogP contribution is 2.20. The van der Waals surface area contributed by atoms with Crippen LogP contribution in [-0.4, -0.2) is 35.1 Å². The summed E-state index contributed by atoms with van der Waals surface area (Å²) < 4.78 is 12.7. The largest absolute Gasteiger partial charge is 0.461 e. The van der Waals surface area contributed by atoms with Gasteiger partial charge < -0.3 is 9.47 Å². The van der Waals surface area contributed by atoms with Gasteiger partial charge in [0.1, 0.15) is 6.61 Å². The highest BCUT2D eigenvalue weighted by Gasteiger charge is 2.26. The van der Waals surface area contributed by atoms with E-state index in [1.54, 1.807) is 23.1 Å². The van der Waals surface area contributed by atoms with Gasteiger partial charge in [0.2, 0.25) is 0 Å². The number of aromatic nitrogens is 2. The number of carbonyl (C=O) groups excluding carboxylic acids is 1. The fourth-order valence-corrected chi connectivity index (χ4v) is 2.66. The van der Waals surface area contributed by atoms with Gasteiger partial charge in [-0.3, -0.25) is 4.68 Å². The van der Waals surface area contributed by atoms with E-state index >= 15 is 0 Å². The predicted octanol–water partition coefficient (Wildman–Crippen LogP) is 2.58. The van der Waals surface area contributed by atoms with Gasteiger partial charge in [-0.2, -0.15) is 5.10 Å². The van der Waals surface area contributed by atoms with Crippen molar-refractivity contribution in [3.63, 3.8) is 0 Å². The highest BCUT2D eigenvalue weighted by molar-refractivity contribution is 5.78. The van der Waals surface area contributed by atoms with E-state index in [1.165, 1.54) is 0 Å². The maximum Gasteiger partial charge on any atom is 0.335 e. The third-order valence-corrected chi connectivity index (χ3v) is 3.81. The normalized spacial score (nSPS) is 19.5. The Labute approximate surface area is 129 Å². The van der Waals surface area contributed by atoms with Crippen molar-refractivity contribution in [3.8, 4) is 0 Å². The second-order valence-corrected chi connectivity index (χ2v) is 5.42. The predicted molar refractivity (Wildman–Crippen MR) is 81.4 cm³/mol. The lowest BCUT2D eigenvalue weighted by atomic mass is 10.1. The van der Waals surface area contributed by atoms with Crippen LogP contribution in [0.5, 0.6) is 0 Å². The summed E-state index contributed by atoms with van der Waals surface area (Å²) in [6, 6.07) is 10.8. The summed E-state index contributed by atoms with van der Waals surface area (Å²) in [5, 5.41) is 4.19. The number of ether oxygens (including phenoxy) is 2. The Morgan fingerprint density at radius 2 is 2.18 bits per heavy atom. The minimum Gasteiger partial charge on any atom is -0.461 e. The topological polar surface area (TPSA) is 53.4 Å². The summed E-state index contributed by atoms with van der Waals surface area (Å²) in [6.45, 7) is 1.06. The summed E-state index contributed by atoms with van der Waals surface area (Å²) in [7, 11) is 0. The molecule has 1 aliphatic heterocycles. The molecule has 1 aromatic carbocycles. The Hall–Kier alpha value is -2.14. The Morgan fingerprint density at radius 3 is 2.86 bits per heavy atom. The molecule has 0 bridgehead atoms. The van der Waals surface area contributed by atoms with Crippen LogP contribution in [0.4, 0.5) is 0 Å². The van der Waals surface area contributed by atoms with Crippen molar-refractivity contribution < 1.29 is 14.3 Å². The van der Waals surface area contributed by atoms with Crippen molar-refractivity contribution in [2.75, 3.05) is 13.2 Å². The molecule has 116 valence electrons. The lowest BCUT2D eigenvalue weighted by Crippen LogP contribution is -2.30. The standard InChI is InChI=1S/C17H20N2O3/c20-17(22-13-15-9-4-5-12-21-15)16(19-11-6-10-18-19)14-7-2-1-3-8-14/h1-3,6-8,10-11,15-16H,4-5,9,12-13H2/t15-,16-/m0/s1. The zero-order chi connectivity index (χ0) is 15.2. The number of hydrogen-bond donors (Lipinski definition) is 0. The van der Waals surface area contributed by atoms with Gasteiger partial charge in [0.15, 0.2) is 6.04 Å². The molecule has 1 fully saturated rings. The van der Waals surface area contributed by atoms with Crippen LogP contribution in [0.3, 0.4) is 0 Å². The zero-order valence-corrected chi connectivity index (χ0v) is 12.4. The SMILES string of the molecule is O=C(OC[C@@H]1CCCCO1)[C@H](c1ccccc1)n1cccn1. The van der Waals surface area contributed by atoms with Gasteiger partial charge in [-0.15, -0.1) is 0 Å². The minimum absolute atomic E-state index is 0.0201. The zero-order valence-electron chi connectivity index (χ0n) is 12.4. The summed E-state index contributed by atoms with van der Waals surface area (Å²) in [6.07, 6.45) is 6.62. The van der Waals surface area contributed by atoms with Crippen molar-refractivity contribution in [1.29, 1.82) is 0 Å². The van der Waals surface area contributed by atoms with E-state index in [4.69, 9.17) is 9.47 Å². The fourth-order valence-electron chi connectivity index (χ4n) is 2.66. The molecule has 5 heteroatoms. The third kappa shape index (κ3) is 3.54. The molecule has 0 amide bonds. The summed E-state index contributed by atoms with van der Waals surface area (Å²) in [5.41, 5.74) is 0.862. The van der Waals surface area contributed by atoms with Gasteiger partial charge in [0.05, 0.1) is 6.10 Å². The van der Waals surface area contributed by atoms with Crippen LogP contribution in [0, 0.1) is 0 Å². The Kier molecular flexibility index (Phi) is 4.85. The average molecular weight is 300 g/mol. The monoisotopic (exact) mass is 300 g/mol. The van der Waals surface area contributed by atoms with Crippen LogP contribution < -0.4 is 0 Å². The van der Waals surface area contributed by atoms with Crippen molar-refractivity contribution in [3.05, 3.63) is 54.4 Å². The fraction of sp³-hybridized carbons (Fsp3) is 0.412. The van der Waals surface area contributed by atoms with Gasteiger partial charge in [-0.25, -0.2) is 4.79 Å². The minimum atomic E-state index is -0.556. The quantitative estimate of drug-likeness (QED) is 0.796. The number of esters is 1. The molecular weight excluding hydrogens is 280 g/mol. The molecule has 0 aliphatic carbocycles. The Balaban J connectivity index is 1.70. The van der Waals surface area contributed by atoms with Crippen LogP contribution in [0.25, 0.3) is 0 Å². The van der Waals surface area contributed by atoms with Crippen LogP contribution in [0.15, 0.2) is 48.8 Å². The summed E-state index contributed by atoms with van der Waals surface area (Å²) >= 11 is 0. The van der Waals surface area contributed by atoms with E-state index in [0.29, 0.717) is 6.61 Å². The molecule has 0 saturated carbocycles. The van der Waals surface area contributed by atoms with Crippen LogP contribution in [0.2, 0.25) is 0 Å². The van der Waals surface area contributed by atoms with E-state index in [1.807, 2.05) is 30.3 Å². The first-order chi connectivity index (χ1) is 10.8. The van der Waals surface area contributed by atoms with Gasteiger partial charge >= 0.3 is 5.97 Å². The number of benzene rings is 1. The molecule has 22 heavy (non-hydrogen) atoms. The molecule has 5 nitrogen and oxygen atoms in total. The summed E-state index contributed by atoms with van der Waals surface area (Å²) in [5.74, 6) is -0.302. The van der Waals surface area contributed by atoms with Gasteiger partial charge in [0, 0.05) is 19.0 Å². The molecule has 0 spiro atoms. The molecule has 0 N–H and O–H groups in total. The van der Waals surface area contributed by atoms with E-state index in [0.717, 1.165) is 31.4 Å². The van der Waals surface area contributed by atoms with Crippen molar-refractivity contribution in [2.45, 2.75) is 31.4 Å². The maximum atomic E-state index is 12.5. The van der Waals surface area contributed by atoms with Crippen molar-refractivity contribution >= 4 is 5.97 Å². The summed E-state index contributed by atoms with van der Waals surface area (Å²) in [4.78, 5) is 12.5. The van der Waals surface area contributed by atoms with Crippen LogP contribution >= 0.6 is 0 Å². The van der Waals surface area contributed by atoms with Crippen LogP contribution in [0.1, 0.15) is 30.9 Å². The molecule has 3 rings (SSSR count). The van der Waals surface area contributed by atoms with Gasteiger partial charge in [-0.05, 0) is 30.9 Å². The highest BCUT2D eigenvalue weighted by atomic mass is 16.6. The molecule has 2 aromatic rings. The van der Waals surface area contributed by atoms with Crippen molar-refractivity contribution in [2.24, 2.45) is 0 Å². The first-order valence-corrected chi connectivity index (χ1v) is 7.67. The molecular formula is C17H20N2O3. The van der Waals surface area contributed by atoms with E-state index in [9.17, 15) is 4.79 Å². The van der Waals surface area contributed by atoms with Gasteiger partial charge in [0.25, 0.3) is 0 Å². The van der Waals surface area contributed by atoms with E-state index < -0.39 is 6.04 Å². The van der Waals surface area contributed by atoms with Gasteiger partial charge in [-0.1, -0.05) is 30.3 Å². The van der Waals surface area contributed by atoms with Crippen molar-refractivity contribution in [1.82, 2.24) is 9.78 Å². The first-order valence-electron chi connectivity index (χ1n) is 7.67. The number of carbonyl (C=O) groups is 1. The first kappa shape index (κ1) is 14.8. The Morgan fingerprint density at radius 1 is 1.32 bits per heavy atom. The van der Waals surface area contributed by atoms with Crippen LogP contribution in [-0.2, 0) is 14.3 Å². The molecule has 1 aliphatic rings. The third-order valence-electron chi connectivity index (χ3n) is 3.81. The molecule has 2 atom stereocenters. The average Bonchev–Trinajstić information content (AvgIpc) is 3.09. The maximum absolute atomic E-state index is 12.5. The molecule has 0 unspecified atom stereocenters. The number of hydrogen-bond acceptors (Lipinski definition) is 4. The molecule has 2 heterocycles. The van der Waals surface area contributed by atoms with E-state index in [-0.39, 0.29) is 12.1 Å². The lowest BCUT2D eigenvalue weighted by Gasteiger charge is -2.23. The number of nitrogens with zero attached hydrogens (tertiary/aromatic N) is 2. The second kappa shape index (κ2) is 7.22. The molecule has 1 saturated heterocycles.